The van der Waals surface area contributed by atoms with Crippen LogP contribution in [0.15, 0.2) is 18.2 Å². The molecule has 15 heavy (non-hydrogen) atoms. The zero-order valence-electron chi connectivity index (χ0n) is 9.55. The fourth-order valence-corrected chi connectivity index (χ4v) is 2.33. The van der Waals surface area contributed by atoms with Gasteiger partial charge in [-0.15, -0.1) is 0 Å². The third-order valence-corrected chi connectivity index (χ3v) is 3.26. The molecule has 2 rings (SSSR count). The van der Waals surface area contributed by atoms with E-state index in [1.165, 1.54) is 37.7 Å². The fraction of sp³-hybridized carbons (Fsp3) is 0.571. The van der Waals surface area contributed by atoms with E-state index in [0.29, 0.717) is 0 Å². The van der Waals surface area contributed by atoms with Crippen molar-refractivity contribution in [3.8, 4) is 0 Å². The van der Waals surface area contributed by atoms with Gasteiger partial charge in [0.15, 0.2) is 0 Å². The highest BCUT2D eigenvalue weighted by Crippen LogP contribution is 2.23. The lowest BCUT2D eigenvalue weighted by Gasteiger charge is -2.22. The van der Waals surface area contributed by atoms with Gasteiger partial charge in [0.1, 0.15) is 0 Å². The third-order valence-electron chi connectivity index (χ3n) is 3.26. The molecule has 0 saturated heterocycles. The summed E-state index contributed by atoms with van der Waals surface area (Å²) >= 11 is 0. The van der Waals surface area contributed by atoms with Crippen LogP contribution in [0.2, 0.25) is 0 Å². The first kappa shape index (κ1) is 10.5. The Morgan fingerprint density at radius 1 is 1.33 bits per heavy atom. The van der Waals surface area contributed by atoms with Gasteiger partial charge in [-0.25, -0.2) is 0 Å². The molecule has 1 aliphatic carbocycles. The summed E-state index contributed by atoms with van der Waals surface area (Å²) in [7, 11) is 0. The Bertz CT molecular complexity index is 300. The molecule has 0 aliphatic heterocycles. The van der Waals surface area contributed by atoms with Crippen LogP contribution in [0.3, 0.4) is 0 Å². The molecule has 0 bridgehead atoms. The number of rotatable bonds is 3. The maximum absolute atomic E-state index is 3.50. The zero-order chi connectivity index (χ0) is 10.5. The lowest BCUT2D eigenvalue weighted by atomic mass is 9.89. The van der Waals surface area contributed by atoms with Gasteiger partial charge in [-0.3, -0.25) is 0 Å². The van der Waals surface area contributed by atoms with E-state index in [1.54, 1.807) is 0 Å². The van der Waals surface area contributed by atoms with Gasteiger partial charge in [0.25, 0.3) is 0 Å². The second-order valence-corrected chi connectivity index (χ2v) is 4.66. The van der Waals surface area contributed by atoms with Gasteiger partial charge < -0.3 is 5.32 Å². The van der Waals surface area contributed by atoms with Crippen molar-refractivity contribution in [3.05, 3.63) is 29.8 Å². The predicted molar refractivity (Wildman–Crippen MR) is 65.1 cm³/mol. The van der Waals surface area contributed by atoms with Crippen LogP contribution in [0.5, 0.6) is 0 Å². The lowest BCUT2D eigenvalue weighted by Crippen LogP contribution is -2.17. The Kier molecular flexibility index (Phi) is 3.65. The molecule has 1 radical (unpaired) electrons. The van der Waals surface area contributed by atoms with Gasteiger partial charge in [-0.05, 0) is 37.3 Å². The summed E-state index contributed by atoms with van der Waals surface area (Å²) in [6, 6.07) is 9.49. The first-order chi connectivity index (χ1) is 7.34. The molecule has 81 valence electrons. The fourth-order valence-electron chi connectivity index (χ4n) is 2.33. The van der Waals surface area contributed by atoms with Crippen LogP contribution in [-0.2, 0) is 0 Å². The predicted octanol–water partition coefficient (Wildman–Crippen LogP) is 3.79. The molecule has 0 atom stereocenters. The van der Waals surface area contributed by atoms with Crippen LogP contribution in [0.1, 0.15) is 37.7 Å². The highest BCUT2D eigenvalue weighted by molar-refractivity contribution is 5.44. The number of anilines is 1. The normalized spacial score (nSPS) is 17.7. The van der Waals surface area contributed by atoms with Crippen molar-refractivity contribution in [1.29, 1.82) is 0 Å². The number of benzene rings is 1. The molecule has 0 heterocycles. The van der Waals surface area contributed by atoms with Crippen molar-refractivity contribution in [1.82, 2.24) is 0 Å². The van der Waals surface area contributed by atoms with Crippen LogP contribution in [-0.4, -0.2) is 6.54 Å². The van der Waals surface area contributed by atoms with Crippen LogP contribution in [0.4, 0.5) is 5.69 Å². The molecule has 1 aliphatic rings. The largest absolute Gasteiger partial charge is 0.384 e. The summed E-state index contributed by atoms with van der Waals surface area (Å²) < 4.78 is 0. The van der Waals surface area contributed by atoms with Crippen molar-refractivity contribution < 1.29 is 0 Å². The van der Waals surface area contributed by atoms with E-state index in [-0.39, 0.29) is 0 Å². The molecule has 1 saturated carbocycles. The van der Waals surface area contributed by atoms with Gasteiger partial charge in [0.2, 0.25) is 0 Å². The number of hydrogen-bond donors (Lipinski definition) is 1. The quantitative estimate of drug-likeness (QED) is 0.786. The lowest BCUT2D eigenvalue weighted by molar-refractivity contribution is 0.373. The molecule has 0 unspecified atom stereocenters. The Morgan fingerprint density at radius 2 is 2.13 bits per heavy atom. The molecule has 0 amide bonds. The first-order valence-corrected chi connectivity index (χ1v) is 6.07. The second-order valence-electron chi connectivity index (χ2n) is 4.66. The van der Waals surface area contributed by atoms with Crippen molar-refractivity contribution >= 4 is 5.69 Å². The molecule has 0 spiro atoms. The number of aryl methyl sites for hydroxylation is 1. The van der Waals surface area contributed by atoms with E-state index in [9.17, 15) is 0 Å². The maximum atomic E-state index is 3.50. The average molecular weight is 202 g/mol. The molecular weight excluding hydrogens is 182 g/mol. The first-order valence-electron chi connectivity index (χ1n) is 6.07. The van der Waals surface area contributed by atoms with Crippen LogP contribution < -0.4 is 5.32 Å². The molecule has 1 nitrogen and oxygen atoms in total. The molecule has 1 fully saturated rings. The Labute approximate surface area is 92.9 Å². The van der Waals surface area contributed by atoms with Gasteiger partial charge in [0.05, 0.1) is 0 Å². The van der Waals surface area contributed by atoms with E-state index in [1.807, 2.05) is 6.07 Å². The highest BCUT2D eigenvalue weighted by Gasteiger charge is 2.12. The molecule has 1 aromatic rings. The Morgan fingerprint density at radius 3 is 2.87 bits per heavy atom. The summed E-state index contributed by atoms with van der Waals surface area (Å²) in [5.41, 5.74) is 2.46. The van der Waals surface area contributed by atoms with Crippen molar-refractivity contribution in [2.24, 2.45) is 5.92 Å². The van der Waals surface area contributed by atoms with Crippen LogP contribution in [0, 0.1) is 18.9 Å². The van der Waals surface area contributed by atoms with Crippen LogP contribution >= 0.6 is 0 Å². The molecule has 0 aromatic heterocycles. The smallest absolute Gasteiger partial charge is 0.0423 e. The molecule has 1 heteroatoms. The topological polar surface area (TPSA) is 12.0 Å². The third kappa shape index (κ3) is 3.26. The van der Waals surface area contributed by atoms with Gasteiger partial charge in [0, 0.05) is 18.3 Å². The van der Waals surface area contributed by atoms with Crippen molar-refractivity contribution in [2.75, 3.05) is 11.9 Å². The minimum Gasteiger partial charge on any atom is -0.384 e. The average Bonchev–Trinajstić information content (AvgIpc) is 2.28. The van der Waals surface area contributed by atoms with E-state index >= 15 is 0 Å². The molecule has 1 N–H and O–H groups in total. The standard InChI is InChI=1S/C14H20N/c1-12-6-5-9-14(10-12)15-11-13-7-3-2-4-8-13/h5-6,10,13,15H,2-4,7-8,11H2,1H3. The number of hydrogen-bond acceptors (Lipinski definition) is 1. The monoisotopic (exact) mass is 202 g/mol. The summed E-state index contributed by atoms with van der Waals surface area (Å²) in [4.78, 5) is 0. The Hall–Kier alpha value is -0.980. The summed E-state index contributed by atoms with van der Waals surface area (Å²) in [5.74, 6) is 0.882. The van der Waals surface area contributed by atoms with Crippen LogP contribution in [0.25, 0.3) is 0 Å². The summed E-state index contributed by atoms with van der Waals surface area (Å²) in [5, 5.41) is 3.50. The number of nitrogens with one attached hydrogen (secondary N) is 1. The summed E-state index contributed by atoms with van der Waals surface area (Å²) in [6.45, 7) is 3.25. The SMILES string of the molecule is Cc1cc[c]c(NCC2CCCCC2)c1. The highest BCUT2D eigenvalue weighted by atomic mass is 14.9. The van der Waals surface area contributed by atoms with E-state index in [4.69, 9.17) is 0 Å². The van der Waals surface area contributed by atoms with E-state index < -0.39 is 0 Å². The summed E-state index contributed by atoms with van der Waals surface area (Å²) in [6.07, 6.45) is 7.08. The van der Waals surface area contributed by atoms with E-state index in [2.05, 4.69) is 30.4 Å². The van der Waals surface area contributed by atoms with Crippen molar-refractivity contribution in [3.63, 3.8) is 0 Å². The Balaban J connectivity index is 1.81. The van der Waals surface area contributed by atoms with Gasteiger partial charge in [-0.2, -0.15) is 0 Å². The molecular formula is C14H20N. The molecule has 1 aromatic carbocycles. The second kappa shape index (κ2) is 5.20. The maximum Gasteiger partial charge on any atom is 0.0423 e. The van der Waals surface area contributed by atoms with Gasteiger partial charge in [-0.1, -0.05) is 31.4 Å². The van der Waals surface area contributed by atoms with Crippen molar-refractivity contribution in [2.45, 2.75) is 39.0 Å². The zero-order valence-corrected chi connectivity index (χ0v) is 9.55. The minimum absolute atomic E-state index is 0.882. The van der Waals surface area contributed by atoms with Gasteiger partial charge >= 0.3 is 0 Å². The minimum atomic E-state index is 0.882. The van der Waals surface area contributed by atoms with E-state index in [0.717, 1.165) is 18.2 Å².